The fourth-order valence-corrected chi connectivity index (χ4v) is 9.41. The molecular weight excluding hydrogens is 708 g/mol. The minimum absolute atomic E-state index is 0.236. The third-order valence-electron chi connectivity index (χ3n) is 11.3. The molecule has 0 spiro atoms. The van der Waals surface area contributed by atoms with Gasteiger partial charge in [0.25, 0.3) is 0 Å². The highest BCUT2D eigenvalue weighted by atomic mass is 79.9. The molecule has 0 saturated carbocycles. The van der Waals surface area contributed by atoms with E-state index in [4.69, 9.17) is 0 Å². The Morgan fingerprint density at radius 3 is 1.51 bits per heavy atom. The molecule has 0 N–H and O–H groups in total. The van der Waals surface area contributed by atoms with Crippen LogP contribution in [0, 0.1) is 0 Å². The van der Waals surface area contributed by atoms with E-state index in [9.17, 15) is 0 Å². The van der Waals surface area contributed by atoms with E-state index >= 15 is 0 Å². The van der Waals surface area contributed by atoms with Crippen LogP contribution in [-0.2, 0) is 0 Å². The SMILES string of the molecule is Brc1ccc2c(-c3ccc(-n4c5ccccc5c5ccccc54)cc3)c3ccccc3c(C3=CCC(n4c5ccccc5c5ccccc54)C=C3)c2c1. The number of nitrogens with zero attached hydrogens (tertiary/aromatic N) is 2. The minimum atomic E-state index is 0.236. The van der Waals surface area contributed by atoms with Crippen LogP contribution in [0.3, 0.4) is 0 Å². The lowest BCUT2D eigenvalue weighted by molar-refractivity contribution is 0.649. The van der Waals surface area contributed by atoms with E-state index in [2.05, 4.69) is 207 Å². The zero-order valence-electron chi connectivity index (χ0n) is 28.9. The molecule has 1 aliphatic rings. The summed E-state index contributed by atoms with van der Waals surface area (Å²) in [6, 6.07) is 60.2. The van der Waals surface area contributed by atoms with Gasteiger partial charge in [0.15, 0.2) is 0 Å². The zero-order chi connectivity index (χ0) is 35.0. The number of rotatable bonds is 4. The quantitative estimate of drug-likeness (QED) is 0.159. The van der Waals surface area contributed by atoms with Gasteiger partial charge >= 0.3 is 0 Å². The van der Waals surface area contributed by atoms with E-state index in [1.165, 1.54) is 87.4 Å². The Kier molecular flexibility index (Phi) is 6.87. The first-order valence-corrected chi connectivity index (χ1v) is 19.1. The molecule has 0 radical (unpaired) electrons. The molecule has 2 nitrogen and oxygen atoms in total. The lowest BCUT2D eigenvalue weighted by Gasteiger charge is -2.23. The largest absolute Gasteiger partial charge is 0.333 e. The molecule has 10 aromatic rings. The van der Waals surface area contributed by atoms with E-state index in [1.807, 2.05) is 0 Å². The molecule has 250 valence electrons. The number of aromatic nitrogens is 2. The van der Waals surface area contributed by atoms with Crippen LogP contribution in [0.25, 0.3) is 87.5 Å². The zero-order valence-corrected chi connectivity index (χ0v) is 30.5. The average molecular weight is 742 g/mol. The van der Waals surface area contributed by atoms with Crippen molar-refractivity contribution in [2.45, 2.75) is 12.5 Å². The van der Waals surface area contributed by atoms with Gasteiger partial charge in [0.2, 0.25) is 0 Å². The fourth-order valence-electron chi connectivity index (χ4n) is 9.05. The average Bonchev–Trinajstić information content (AvgIpc) is 3.73. The Morgan fingerprint density at radius 1 is 0.453 bits per heavy atom. The van der Waals surface area contributed by atoms with Crippen LogP contribution in [0.4, 0.5) is 0 Å². The summed E-state index contributed by atoms with van der Waals surface area (Å²) in [6.07, 6.45) is 8.15. The molecular formula is C50H33BrN2. The van der Waals surface area contributed by atoms with E-state index in [0.29, 0.717) is 0 Å². The molecule has 1 atom stereocenters. The van der Waals surface area contributed by atoms with Crippen molar-refractivity contribution in [1.29, 1.82) is 0 Å². The Balaban J connectivity index is 1.05. The molecule has 0 aliphatic heterocycles. The number of hydrogen-bond donors (Lipinski definition) is 0. The number of allylic oxidation sites excluding steroid dienone is 4. The van der Waals surface area contributed by atoms with Crippen LogP contribution < -0.4 is 0 Å². The van der Waals surface area contributed by atoms with Crippen molar-refractivity contribution < 1.29 is 0 Å². The van der Waals surface area contributed by atoms with Gasteiger partial charge in [-0.25, -0.2) is 0 Å². The highest BCUT2D eigenvalue weighted by Crippen LogP contribution is 2.45. The molecule has 0 fully saturated rings. The summed E-state index contributed by atoms with van der Waals surface area (Å²) < 4.78 is 5.99. The second kappa shape index (κ2) is 11.9. The first-order chi connectivity index (χ1) is 26.2. The van der Waals surface area contributed by atoms with E-state index in [0.717, 1.165) is 16.6 Å². The predicted molar refractivity (Wildman–Crippen MR) is 229 cm³/mol. The van der Waals surface area contributed by atoms with Crippen molar-refractivity contribution in [3.8, 4) is 16.8 Å². The Bertz CT molecular complexity index is 3050. The van der Waals surface area contributed by atoms with Crippen LogP contribution >= 0.6 is 15.9 Å². The van der Waals surface area contributed by atoms with Crippen LogP contribution in [0.5, 0.6) is 0 Å². The highest BCUT2D eigenvalue weighted by molar-refractivity contribution is 9.10. The number of benzene rings is 8. The number of hydrogen-bond acceptors (Lipinski definition) is 0. The number of para-hydroxylation sites is 4. The van der Waals surface area contributed by atoms with Crippen molar-refractivity contribution in [2.75, 3.05) is 0 Å². The lowest BCUT2D eigenvalue weighted by Crippen LogP contribution is -2.08. The molecule has 3 heteroatoms. The van der Waals surface area contributed by atoms with Gasteiger partial charge in [-0.15, -0.1) is 0 Å². The van der Waals surface area contributed by atoms with Gasteiger partial charge < -0.3 is 9.13 Å². The molecule has 8 aromatic carbocycles. The molecule has 0 bridgehead atoms. The maximum Gasteiger partial charge on any atom is 0.0560 e. The topological polar surface area (TPSA) is 9.86 Å². The van der Waals surface area contributed by atoms with E-state index in [1.54, 1.807) is 0 Å². The summed E-state index contributed by atoms with van der Waals surface area (Å²) in [5.74, 6) is 0. The molecule has 0 saturated heterocycles. The summed E-state index contributed by atoms with van der Waals surface area (Å²) in [4.78, 5) is 0. The number of fused-ring (bicyclic) bond motifs is 8. The highest BCUT2D eigenvalue weighted by Gasteiger charge is 2.22. The van der Waals surface area contributed by atoms with Gasteiger partial charge in [0.05, 0.1) is 17.1 Å². The normalized spacial score (nSPS) is 14.7. The molecule has 53 heavy (non-hydrogen) atoms. The van der Waals surface area contributed by atoms with Gasteiger partial charge in [0.1, 0.15) is 0 Å². The summed E-state index contributed by atoms with van der Waals surface area (Å²) in [6.45, 7) is 0. The van der Waals surface area contributed by atoms with E-state index < -0.39 is 0 Å². The fraction of sp³-hybridized carbons (Fsp3) is 0.0400. The minimum Gasteiger partial charge on any atom is -0.333 e. The summed E-state index contributed by atoms with van der Waals surface area (Å²) in [5, 5.41) is 10.2. The smallest absolute Gasteiger partial charge is 0.0560 e. The van der Waals surface area contributed by atoms with Crippen LogP contribution in [0.2, 0.25) is 0 Å². The van der Waals surface area contributed by atoms with Crippen LogP contribution in [-0.4, -0.2) is 9.13 Å². The molecule has 1 aliphatic carbocycles. The summed E-state index contributed by atoms with van der Waals surface area (Å²) >= 11 is 3.84. The molecule has 11 rings (SSSR count). The molecule has 0 amide bonds. The Labute approximate surface area is 315 Å². The van der Waals surface area contributed by atoms with Crippen LogP contribution in [0.15, 0.2) is 186 Å². The summed E-state index contributed by atoms with van der Waals surface area (Å²) in [7, 11) is 0. The van der Waals surface area contributed by atoms with Crippen molar-refractivity contribution in [1.82, 2.24) is 9.13 Å². The summed E-state index contributed by atoms with van der Waals surface area (Å²) in [5.41, 5.74) is 11.2. The second-order valence-electron chi connectivity index (χ2n) is 14.1. The van der Waals surface area contributed by atoms with Gasteiger partial charge in [0, 0.05) is 42.7 Å². The maximum absolute atomic E-state index is 3.84. The monoisotopic (exact) mass is 740 g/mol. The van der Waals surface area contributed by atoms with Crippen LogP contribution in [0.1, 0.15) is 18.0 Å². The van der Waals surface area contributed by atoms with Gasteiger partial charge in [-0.2, -0.15) is 0 Å². The van der Waals surface area contributed by atoms with Crippen molar-refractivity contribution >= 4 is 86.7 Å². The molecule has 1 unspecified atom stereocenters. The van der Waals surface area contributed by atoms with Crippen molar-refractivity contribution in [3.05, 3.63) is 192 Å². The second-order valence-corrected chi connectivity index (χ2v) is 15.0. The third-order valence-corrected chi connectivity index (χ3v) is 11.8. The Morgan fingerprint density at radius 2 is 0.943 bits per heavy atom. The lowest BCUT2D eigenvalue weighted by atomic mass is 9.84. The standard InChI is InChI=1S/C50H33BrN2/c51-34-25-30-43-44(31-34)50(33-23-28-36(29-24-33)53-47-19-9-5-13-39(47)40-14-6-10-20-48(40)53)42-16-2-1-15-41(42)49(43)32-21-26-35(27-22-32)52-45-17-7-3-11-37(45)38-12-4-8-18-46(38)52/h1-28,30-31,36H,29H2. The first-order valence-electron chi connectivity index (χ1n) is 18.3. The number of halogens is 1. The van der Waals surface area contributed by atoms with Gasteiger partial charge in [-0.05, 0) is 98.8 Å². The van der Waals surface area contributed by atoms with E-state index in [-0.39, 0.29) is 6.04 Å². The molecule has 2 aromatic heterocycles. The van der Waals surface area contributed by atoms with Gasteiger partial charge in [-0.1, -0.05) is 149 Å². The third kappa shape index (κ3) is 4.64. The first kappa shape index (κ1) is 30.5. The van der Waals surface area contributed by atoms with Crippen molar-refractivity contribution in [2.24, 2.45) is 0 Å². The predicted octanol–water partition coefficient (Wildman–Crippen LogP) is 14.2. The Hall–Kier alpha value is -6.16. The molecule has 2 heterocycles. The van der Waals surface area contributed by atoms with Crippen molar-refractivity contribution in [3.63, 3.8) is 0 Å². The maximum atomic E-state index is 3.84. The van der Waals surface area contributed by atoms with Gasteiger partial charge in [-0.3, -0.25) is 0 Å².